The molecule has 3 rings (SSSR count). The maximum absolute atomic E-state index is 5.61. The fourth-order valence-electron chi connectivity index (χ4n) is 2.12. The van der Waals surface area contributed by atoms with Crippen molar-refractivity contribution in [2.75, 3.05) is 24.8 Å². The monoisotopic (exact) mass is 323 g/mol. The number of aromatic nitrogens is 2. The molecule has 0 unspecified atom stereocenters. The van der Waals surface area contributed by atoms with Crippen LogP contribution in [0, 0.1) is 0 Å². The Morgan fingerprint density at radius 2 is 2.33 bits per heavy atom. The van der Waals surface area contributed by atoms with E-state index in [9.17, 15) is 0 Å². The number of nitrogens with zero attached hydrogens (tertiary/aromatic N) is 2. The van der Waals surface area contributed by atoms with Gasteiger partial charge < -0.3 is 14.8 Å². The number of methoxy groups -OCH3 is 1. The first kappa shape index (κ1) is 14.6. The number of anilines is 2. The van der Waals surface area contributed by atoms with Crippen molar-refractivity contribution in [1.29, 1.82) is 0 Å². The molecule has 1 aliphatic rings. The largest absolute Gasteiger partial charge is 0.495 e. The Kier molecular flexibility index (Phi) is 4.95. The molecule has 5 nitrogen and oxygen atoms in total. The molecule has 7 heteroatoms. The quantitative estimate of drug-likeness (QED) is 0.820. The number of nitrogens with one attached hydrogen (secondary N) is 1. The lowest BCUT2D eigenvalue weighted by Gasteiger charge is -2.07. The zero-order valence-corrected chi connectivity index (χ0v) is 13.4. The van der Waals surface area contributed by atoms with Crippen LogP contribution in [-0.2, 0) is 4.74 Å². The van der Waals surface area contributed by atoms with Gasteiger partial charge >= 0.3 is 0 Å². The molecular formula is C14H17N3O2S2. The molecule has 0 spiro atoms. The predicted molar refractivity (Wildman–Crippen MR) is 85.9 cm³/mol. The van der Waals surface area contributed by atoms with Crippen molar-refractivity contribution in [3.8, 4) is 5.75 Å². The minimum atomic E-state index is 0.365. The lowest BCUT2D eigenvalue weighted by atomic mass is 10.3. The fraction of sp³-hybridized carbons (Fsp3) is 0.429. The summed E-state index contributed by atoms with van der Waals surface area (Å²) >= 11 is 3.26. The van der Waals surface area contributed by atoms with Gasteiger partial charge in [0.05, 0.1) is 18.9 Å². The van der Waals surface area contributed by atoms with Crippen molar-refractivity contribution < 1.29 is 9.47 Å². The standard InChI is InChI=1S/C14H17N3O2S2/c1-18-12-7-3-2-6-11(12)15-13-16-17-14(21-13)20-9-10-5-4-8-19-10/h2-3,6-7,10H,4-5,8-9H2,1H3,(H,15,16)/t10-/m0/s1. The first-order valence-electron chi connectivity index (χ1n) is 6.83. The SMILES string of the molecule is COc1ccccc1Nc1nnc(SC[C@@H]2CCCO2)s1. The van der Waals surface area contributed by atoms with Gasteiger partial charge in [-0.1, -0.05) is 35.2 Å². The van der Waals surface area contributed by atoms with Gasteiger partial charge in [-0.2, -0.15) is 0 Å². The van der Waals surface area contributed by atoms with Gasteiger partial charge in [-0.05, 0) is 25.0 Å². The third kappa shape index (κ3) is 3.87. The van der Waals surface area contributed by atoms with E-state index < -0.39 is 0 Å². The molecule has 1 N–H and O–H groups in total. The summed E-state index contributed by atoms with van der Waals surface area (Å²) in [5, 5.41) is 12.4. The van der Waals surface area contributed by atoms with Crippen molar-refractivity contribution in [1.82, 2.24) is 10.2 Å². The van der Waals surface area contributed by atoms with Crippen LogP contribution in [0.5, 0.6) is 5.75 Å². The number of hydrogen-bond acceptors (Lipinski definition) is 7. The number of ether oxygens (including phenoxy) is 2. The summed E-state index contributed by atoms with van der Waals surface area (Å²) < 4.78 is 11.9. The Morgan fingerprint density at radius 3 is 3.14 bits per heavy atom. The van der Waals surface area contributed by atoms with Crippen LogP contribution in [0.4, 0.5) is 10.8 Å². The van der Waals surface area contributed by atoms with Crippen molar-refractivity contribution >= 4 is 33.9 Å². The van der Waals surface area contributed by atoms with E-state index in [1.807, 2.05) is 24.3 Å². The highest BCUT2D eigenvalue weighted by molar-refractivity contribution is 8.01. The van der Waals surface area contributed by atoms with Gasteiger partial charge in [0.25, 0.3) is 0 Å². The average molecular weight is 323 g/mol. The van der Waals surface area contributed by atoms with E-state index in [0.29, 0.717) is 6.10 Å². The summed E-state index contributed by atoms with van der Waals surface area (Å²) in [6.45, 7) is 0.891. The Bertz CT molecular complexity index is 585. The molecule has 2 heterocycles. The van der Waals surface area contributed by atoms with Crippen molar-refractivity contribution in [3.63, 3.8) is 0 Å². The molecule has 21 heavy (non-hydrogen) atoms. The van der Waals surface area contributed by atoms with E-state index in [4.69, 9.17) is 9.47 Å². The third-order valence-corrected chi connectivity index (χ3v) is 5.28. The van der Waals surface area contributed by atoms with Crippen LogP contribution in [0.3, 0.4) is 0 Å². The summed E-state index contributed by atoms with van der Waals surface area (Å²) in [5.41, 5.74) is 0.895. The maximum Gasteiger partial charge on any atom is 0.210 e. The molecule has 0 saturated carbocycles. The third-order valence-electron chi connectivity index (χ3n) is 3.17. The van der Waals surface area contributed by atoms with Gasteiger partial charge in [0.1, 0.15) is 5.75 Å². The van der Waals surface area contributed by atoms with Crippen LogP contribution in [0.15, 0.2) is 28.6 Å². The van der Waals surface area contributed by atoms with Crippen LogP contribution >= 0.6 is 23.1 Å². The summed E-state index contributed by atoms with van der Waals surface area (Å²) in [7, 11) is 1.66. The smallest absolute Gasteiger partial charge is 0.210 e. The summed E-state index contributed by atoms with van der Waals surface area (Å²) in [6, 6.07) is 7.77. The van der Waals surface area contributed by atoms with E-state index in [-0.39, 0.29) is 0 Å². The lowest BCUT2D eigenvalue weighted by Crippen LogP contribution is -2.07. The molecule has 2 aromatic rings. The maximum atomic E-state index is 5.61. The average Bonchev–Trinajstić information content (AvgIpc) is 3.17. The van der Waals surface area contributed by atoms with Gasteiger partial charge in [-0.3, -0.25) is 0 Å². The topological polar surface area (TPSA) is 56.3 Å². The molecular weight excluding hydrogens is 306 g/mol. The van der Waals surface area contributed by atoms with Crippen LogP contribution in [0.25, 0.3) is 0 Å². The zero-order valence-electron chi connectivity index (χ0n) is 11.7. The van der Waals surface area contributed by atoms with Crippen LogP contribution in [0.2, 0.25) is 0 Å². The Morgan fingerprint density at radius 1 is 1.43 bits per heavy atom. The number of rotatable bonds is 6. The van der Waals surface area contributed by atoms with Crippen molar-refractivity contribution in [3.05, 3.63) is 24.3 Å². The Labute approximate surface area is 132 Å². The number of benzene rings is 1. The highest BCUT2D eigenvalue weighted by atomic mass is 32.2. The molecule has 1 aromatic carbocycles. The fourth-order valence-corrected chi connectivity index (χ4v) is 3.98. The molecule has 1 aromatic heterocycles. The predicted octanol–water partition coefficient (Wildman–Crippen LogP) is 3.56. The van der Waals surface area contributed by atoms with E-state index in [1.165, 1.54) is 6.42 Å². The van der Waals surface area contributed by atoms with Crippen molar-refractivity contribution in [2.24, 2.45) is 0 Å². The van der Waals surface area contributed by atoms with E-state index in [0.717, 1.165) is 39.7 Å². The molecule has 112 valence electrons. The van der Waals surface area contributed by atoms with Crippen molar-refractivity contribution in [2.45, 2.75) is 23.3 Å². The normalized spacial score (nSPS) is 17.9. The van der Waals surface area contributed by atoms with Gasteiger partial charge in [0.15, 0.2) is 4.34 Å². The second-order valence-corrected chi connectivity index (χ2v) is 6.89. The van der Waals surface area contributed by atoms with Crippen LogP contribution in [0.1, 0.15) is 12.8 Å². The summed E-state index contributed by atoms with van der Waals surface area (Å²) in [6.07, 6.45) is 2.68. The molecule has 0 bridgehead atoms. The minimum absolute atomic E-state index is 0.365. The second-order valence-electron chi connectivity index (χ2n) is 4.64. The second kappa shape index (κ2) is 7.11. The summed E-state index contributed by atoms with van der Waals surface area (Å²) in [4.78, 5) is 0. The number of thioether (sulfide) groups is 1. The molecule has 0 aliphatic carbocycles. The molecule has 0 radical (unpaired) electrons. The number of hydrogen-bond donors (Lipinski definition) is 1. The van der Waals surface area contributed by atoms with E-state index >= 15 is 0 Å². The van der Waals surface area contributed by atoms with Gasteiger partial charge in [-0.15, -0.1) is 10.2 Å². The molecule has 1 atom stereocenters. The first-order valence-corrected chi connectivity index (χ1v) is 8.63. The zero-order chi connectivity index (χ0) is 14.5. The minimum Gasteiger partial charge on any atom is -0.495 e. The molecule has 1 aliphatic heterocycles. The molecule has 1 saturated heterocycles. The highest BCUT2D eigenvalue weighted by Gasteiger charge is 2.17. The molecule has 1 fully saturated rings. The highest BCUT2D eigenvalue weighted by Crippen LogP contribution is 2.32. The van der Waals surface area contributed by atoms with Crippen LogP contribution < -0.4 is 10.1 Å². The number of para-hydroxylation sites is 2. The Hall–Kier alpha value is -1.31. The van der Waals surface area contributed by atoms with Crippen LogP contribution in [-0.4, -0.2) is 35.8 Å². The summed E-state index contributed by atoms with van der Waals surface area (Å²) in [5.74, 6) is 1.74. The van der Waals surface area contributed by atoms with E-state index in [2.05, 4.69) is 15.5 Å². The lowest BCUT2D eigenvalue weighted by molar-refractivity contribution is 0.129. The molecule has 0 amide bonds. The van der Waals surface area contributed by atoms with E-state index in [1.54, 1.807) is 30.2 Å². The Balaban J connectivity index is 1.59. The first-order chi connectivity index (χ1) is 10.3. The van der Waals surface area contributed by atoms with Gasteiger partial charge in [-0.25, -0.2) is 0 Å². The van der Waals surface area contributed by atoms with Gasteiger partial charge in [0, 0.05) is 12.4 Å². The van der Waals surface area contributed by atoms with Gasteiger partial charge in [0.2, 0.25) is 5.13 Å².